The molecule has 1 aromatic heterocycles. The maximum atomic E-state index is 12.3. The van der Waals surface area contributed by atoms with Crippen molar-refractivity contribution < 1.29 is 4.79 Å². The Morgan fingerprint density at radius 3 is 2.89 bits per heavy atom. The van der Waals surface area contributed by atoms with Crippen LogP contribution in [0.15, 0.2) is 30.6 Å². The largest absolute Gasteiger partial charge is 0.352 e. The molecular formula is C15H19N3O. The lowest BCUT2D eigenvalue weighted by atomic mass is 10.2. The van der Waals surface area contributed by atoms with Gasteiger partial charge in [-0.05, 0) is 31.9 Å². The van der Waals surface area contributed by atoms with Gasteiger partial charge in [-0.25, -0.2) is 4.98 Å². The molecule has 3 rings (SSSR count). The number of imidazole rings is 1. The third-order valence-electron chi connectivity index (χ3n) is 3.98. The zero-order chi connectivity index (χ0) is 13.2. The van der Waals surface area contributed by atoms with Crippen molar-refractivity contribution in [2.24, 2.45) is 0 Å². The average Bonchev–Trinajstić information content (AvgIpc) is 3.06. The number of amides is 1. The first-order valence-electron chi connectivity index (χ1n) is 6.97. The van der Waals surface area contributed by atoms with Gasteiger partial charge in [-0.3, -0.25) is 4.79 Å². The Morgan fingerprint density at radius 1 is 1.37 bits per heavy atom. The quantitative estimate of drug-likeness (QED) is 0.919. The zero-order valence-corrected chi connectivity index (χ0v) is 11.2. The van der Waals surface area contributed by atoms with Crippen LogP contribution >= 0.6 is 0 Å². The molecule has 1 N–H and O–H groups in total. The summed E-state index contributed by atoms with van der Waals surface area (Å²) < 4.78 is 1.94. The smallest absolute Gasteiger partial charge is 0.243 e. The summed E-state index contributed by atoms with van der Waals surface area (Å²) in [6.07, 6.45) is 6.44. The van der Waals surface area contributed by atoms with E-state index in [9.17, 15) is 4.79 Å². The molecule has 100 valence electrons. The molecule has 1 aliphatic carbocycles. The summed E-state index contributed by atoms with van der Waals surface area (Å²) in [6, 6.07) is 8.05. The number of benzene rings is 1. The number of rotatable bonds is 3. The van der Waals surface area contributed by atoms with Crippen LogP contribution in [-0.4, -0.2) is 21.5 Å². The Kier molecular flexibility index (Phi) is 3.23. The van der Waals surface area contributed by atoms with Crippen molar-refractivity contribution in [1.82, 2.24) is 14.9 Å². The predicted octanol–water partition coefficient (Wildman–Crippen LogP) is 2.66. The molecule has 1 atom stereocenters. The lowest BCUT2D eigenvalue weighted by Crippen LogP contribution is -2.37. The summed E-state index contributed by atoms with van der Waals surface area (Å²) in [7, 11) is 0. The van der Waals surface area contributed by atoms with Gasteiger partial charge < -0.3 is 9.88 Å². The molecule has 2 aromatic rings. The van der Waals surface area contributed by atoms with Crippen LogP contribution in [0.5, 0.6) is 0 Å². The van der Waals surface area contributed by atoms with Crippen molar-refractivity contribution in [3.63, 3.8) is 0 Å². The van der Waals surface area contributed by atoms with Crippen LogP contribution in [0.2, 0.25) is 0 Å². The van der Waals surface area contributed by atoms with Crippen molar-refractivity contribution in [3.8, 4) is 0 Å². The number of carbonyl (C=O) groups excluding carboxylic acids is 1. The Balaban J connectivity index is 1.78. The number of hydrogen-bond donors (Lipinski definition) is 1. The van der Waals surface area contributed by atoms with E-state index in [1.54, 1.807) is 6.33 Å². The predicted molar refractivity (Wildman–Crippen MR) is 74.8 cm³/mol. The zero-order valence-electron chi connectivity index (χ0n) is 11.2. The standard InChI is InChI=1S/C15H19N3O/c1-11(15(19)17-12-6-2-3-7-12)18-10-16-13-8-4-5-9-14(13)18/h4-5,8-12H,2-3,6-7H2,1H3,(H,17,19). The molecule has 0 bridgehead atoms. The van der Waals surface area contributed by atoms with Gasteiger partial charge in [0.1, 0.15) is 6.04 Å². The maximum Gasteiger partial charge on any atom is 0.243 e. The normalized spacial score (nSPS) is 17.7. The number of hydrogen-bond acceptors (Lipinski definition) is 2. The van der Waals surface area contributed by atoms with Crippen molar-refractivity contribution in [1.29, 1.82) is 0 Å². The topological polar surface area (TPSA) is 46.9 Å². The molecular weight excluding hydrogens is 238 g/mol. The van der Waals surface area contributed by atoms with Crippen LogP contribution in [-0.2, 0) is 4.79 Å². The minimum atomic E-state index is -0.215. The molecule has 0 aliphatic heterocycles. The van der Waals surface area contributed by atoms with E-state index in [0.29, 0.717) is 6.04 Å². The fourth-order valence-corrected chi connectivity index (χ4v) is 2.81. The van der Waals surface area contributed by atoms with Gasteiger partial charge in [0.15, 0.2) is 0 Å². The number of para-hydroxylation sites is 2. The molecule has 0 saturated heterocycles. The molecule has 1 aliphatic rings. The van der Waals surface area contributed by atoms with Crippen LogP contribution in [0, 0.1) is 0 Å². The minimum absolute atomic E-state index is 0.0926. The third-order valence-corrected chi connectivity index (χ3v) is 3.98. The molecule has 1 aromatic carbocycles. The Labute approximate surface area is 112 Å². The van der Waals surface area contributed by atoms with E-state index in [0.717, 1.165) is 23.9 Å². The van der Waals surface area contributed by atoms with E-state index in [1.165, 1.54) is 12.8 Å². The minimum Gasteiger partial charge on any atom is -0.352 e. The van der Waals surface area contributed by atoms with Gasteiger partial charge in [-0.1, -0.05) is 25.0 Å². The highest BCUT2D eigenvalue weighted by atomic mass is 16.2. The van der Waals surface area contributed by atoms with Crippen LogP contribution in [0.3, 0.4) is 0 Å². The van der Waals surface area contributed by atoms with Crippen LogP contribution in [0.1, 0.15) is 38.6 Å². The van der Waals surface area contributed by atoms with Crippen molar-refractivity contribution >= 4 is 16.9 Å². The first-order chi connectivity index (χ1) is 9.25. The van der Waals surface area contributed by atoms with Gasteiger partial charge in [-0.15, -0.1) is 0 Å². The third kappa shape index (κ3) is 2.35. The Hall–Kier alpha value is -1.84. The molecule has 19 heavy (non-hydrogen) atoms. The van der Waals surface area contributed by atoms with Crippen molar-refractivity contribution in [2.45, 2.75) is 44.7 Å². The fourth-order valence-electron chi connectivity index (χ4n) is 2.81. The molecule has 1 unspecified atom stereocenters. The molecule has 1 amide bonds. The monoisotopic (exact) mass is 257 g/mol. The van der Waals surface area contributed by atoms with Crippen LogP contribution in [0.4, 0.5) is 0 Å². The van der Waals surface area contributed by atoms with Crippen LogP contribution in [0.25, 0.3) is 11.0 Å². The molecule has 4 nitrogen and oxygen atoms in total. The van der Waals surface area contributed by atoms with Gasteiger partial charge in [0, 0.05) is 6.04 Å². The second kappa shape index (κ2) is 5.03. The van der Waals surface area contributed by atoms with Crippen LogP contribution < -0.4 is 5.32 Å². The van der Waals surface area contributed by atoms with E-state index in [4.69, 9.17) is 0 Å². The summed E-state index contributed by atoms with van der Waals surface area (Å²) in [5.74, 6) is 0.0926. The Morgan fingerprint density at radius 2 is 2.11 bits per heavy atom. The summed E-state index contributed by atoms with van der Waals surface area (Å²) in [5.41, 5.74) is 1.94. The van der Waals surface area contributed by atoms with Crippen molar-refractivity contribution in [2.75, 3.05) is 0 Å². The Bertz CT molecular complexity index is 584. The van der Waals surface area contributed by atoms with E-state index < -0.39 is 0 Å². The molecule has 1 heterocycles. The van der Waals surface area contributed by atoms with Gasteiger partial charge in [0.25, 0.3) is 0 Å². The molecule has 4 heteroatoms. The summed E-state index contributed by atoms with van der Waals surface area (Å²) in [6.45, 7) is 1.93. The first kappa shape index (κ1) is 12.2. The van der Waals surface area contributed by atoms with Gasteiger partial charge in [0.05, 0.1) is 17.4 Å². The maximum absolute atomic E-state index is 12.3. The number of carbonyl (C=O) groups is 1. The second-order valence-electron chi connectivity index (χ2n) is 5.31. The SMILES string of the molecule is CC(C(=O)NC1CCCC1)n1cnc2ccccc21. The summed E-state index contributed by atoms with van der Waals surface area (Å²) >= 11 is 0. The number of nitrogens with one attached hydrogen (secondary N) is 1. The van der Waals surface area contributed by atoms with Crippen molar-refractivity contribution in [3.05, 3.63) is 30.6 Å². The molecule has 0 radical (unpaired) electrons. The highest BCUT2D eigenvalue weighted by Gasteiger charge is 2.22. The number of aromatic nitrogens is 2. The lowest BCUT2D eigenvalue weighted by Gasteiger charge is -2.18. The first-order valence-corrected chi connectivity index (χ1v) is 6.97. The summed E-state index contributed by atoms with van der Waals surface area (Å²) in [5, 5.41) is 3.14. The highest BCUT2D eigenvalue weighted by molar-refractivity contribution is 5.83. The summed E-state index contributed by atoms with van der Waals surface area (Å²) in [4.78, 5) is 16.6. The number of fused-ring (bicyclic) bond motifs is 1. The van der Waals surface area contributed by atoms with E-state index in [2.05, 4.69) is 10.3 Å². The second-order valence-corrected chi connectivity index (χ2v) is 5.31. The molecule has 1 saturated carbocycles. The van der Waals surface area contributed by atoms with Gasteiger partial charge >= 0.3 is 0 Å². The van der Waals surface area contributed by atoms with Gasteiger partial charge in [0.2, 0.25) is 5.91 Å². The van der Waals surface area contributed by atoms with E-state index >= 15 is 0 Å². The van der Waals surface area contributed by atoms with Gasteiger partial charge in [-0.2, -0.15) is 0 Å². The van der Waals surface area contributed by atoms with E-state index in [-0.39, 0.29) is 11.9 Å². The lowest BCUT2D eigenvalue weighted by molar-refractivity contribution is -0.124. The number of nitrogens with zero attached hydrogens (tertiary/aromatic N) is 2. The fraction of sp³-hybridized carbons (Fsp3) is 0.467. The molecule has 1 fully saturated rings. The average molecular weight is 257 g/mol. The van der Waals surface area contributed by atoms with E-state index in [1.807, 2.05) is 35.8 Å². The molecule has 0 spiro atoms. The highest BCUT2D eigenvalue weighted by Crippen LogP contribution is 2.20.